The molecule has 0 saturated carbocycles. The van der Waals surface area contributed by atoms with E-state index in [-0.39, 0.29) is 0 Å². The molecule has 0 N–H and O–H groups in total. The second-order valence-corrected chi connectivity index (χ2v) is 4.60. The van der Waals surface area contributed by atoms with Crippen molar-refractivity contribution in [1.29, 1.82) is 0 Å². The van der Waals surface area contributed by atoms with Crippen molar-refractivity contribution < 1.29 is 0 Å². The Bertz CT molecular complexity index is 602. The van der Waals surface area contributed by atoms with Gasteiger partial charge in [0.2, 0.25) is 0 Å². The minimum atomic E-state index is 0.931. The van der Waals surface area contributed by atoms with Gasteiger partial charge in [-0.1, -0.05) is 30.9 Å². The number of aryl methyl sites for hydroxylation is 1. The first-order valence-corrected chi connectivity index (χ1v) is 6.53. The number of hydrogen-bond donors (Lipinski definition) is 0. The summed E-state index contributed by atoms with van der Waals surface area (Å²) < 4.78 is 1.99. The Morgan fingerprint density at radius 1 is 1.44 bits per heavy atom. The molecular formula is C14H15N3S. The average molecular weight is 257 g/mol. The molecule has 18 heavy (non-hydrogen) atoms. The van der Waals surface area contributed by atoms with Crippen LogP contribution in [0.5, 0.6) is 0 Å². The molecule has 0 atom stereocenters. The molecule has 2 rings (SSSR count). The maximum Gasteiger partial charge on any atom is 0.152 e. The molecule has 0 spiro atoms. The van der Waals surface area contributed by atoms with E-state index in [1.165, 1.54) is 0 Å². The fourth-order valence-electron chi connectivity index (χ4n) is 1.64. The van der Waals surface area contributed by atoms with Crippen LogP contribution in [0.3, 0.4) is 0 Å². The highest BCUT2D eigenvalue weighted by Gasteiger charge is 2.14. The van der Waals surface area contributed by atoms with Gasteiger partial charge in [-0.2, -0.15) is 0 Å². The van der Waals surface area contributed by atoms with Gasteiger partial charge in [-0.05, 0) is 6.92 Å². The van der Waals surface area contributed by atoms with Gasteiger partial charge in [0, 0.05) is 25.0 Å². The molecule has 3 nitrogen and oxygen atoms in total. The molecule has 0 radical (unpaired) electrons. The van der Waals surface area contributed by atoms with E-state index in [0.29, 0.717) is 0 Å². The molecule has 4 heteroatoms. The van der Waals surface area contributed by atoms with Crippen LogP contribution in [0.25, 0.3) is 16.3 Å². The lowest BCUT2D eigenvalue weighted by atomic mass is 10.1. The van der Waals surface area contributed by atoms with E-state index < -0.39 is 0 Å². The summed E-state index contributed by atoms with van der Waals surface area (Å²) in [6.45, 7) is 5.83. The van der Waals surface area contributed by atoms with Crippen molar-refractivity contribution in [2.75, 3.05) is 0 Å². The second-order valence-electron chi connectivity index (χ2n) is 3.74. The molecular weight excluding hydrogens is 242 g/mol. The highest BCUT2D eigenvalue weighted by atomic mass is 32.1. The summed E-state index contributed by atoms with van der Waals surface area (Å²) in [4.78, 5) is 9.87. The predicted octanol–water partition coefficient (Wildman–Crippen LogP) is 3.69. The summed E-state index contributed by atoms with van der Waals surface area (Å²) in [5, 5.41) is 0. The predicted molar refractivity (Wildman–Crippen MR) is 77.3 cm³/mol. The van der Waals surface area contributed by atoms with Crippen LogP contribution < -0.4 is 0 Å². The summed E-state index contributed by atoms with van der Waals surface area (Å²) >= 11 is 1.59. The zero-order chi connectivity index (χ0) is 13.0. The number of thiazole rings is 1. The monoisotopic (exact) mass is 257 g/mol. The van der Waals surface area contributed by atoms with E-state index in [1.807, 2.05) is 54.5 Å². The van der Waals surface area contributed by atoms with Gasteiger partial charge < -0.3 is 4.57 Å². The van der Waals surface area contributed by atoms with Crippen LogP contribution in [-0.4, -0.2) is 14.5 Å². The third-order valence-corrected chi connectivity index (χ3v) is 3.38. The van der Waals surface area contributed by atoms with E-state index in [0.717, 1.165) is 22.0 Å². The molecule has 0 aliphatic carbocycles. The Morgan fingerprint density at radius 3 is 2.89 bits per heavy atom. The first kappa shape index (κ1) is 12.5. The smallest absolute Gasteiger partial charge is 0.152 e. The van der Waals surface area contributed by atoms with Gasteiger partial charge in [-0.15, -0.1) is 11.3 Å². The summed E-state index contributed by atoms with van der Waals surface area (Å²) in [6, 6.07) is 0. The van der Waals surface area contributed by atoms with Crippen LogP contribution in [0.4, 0.5) is 0 Å². The van der Waals surface area contributed by atoms with Gasteiger partial charge in [0.15, 0.2) is 5.82 Å². The first-order chi connectivity index (χ1) is 8.77. The fourth-order valence-corrected chi connectivity index (χ4v) is 2.49. The molecule has 0 aromatic carbocycles. The van der Waals surface area contributed by atoms with E-state index in [2.05, 4.69) is 16.5 Å². The molecule has 0 aliphatic rings. The molecule has 0 unspecified atom stereocenters. The van der Waals surface area contributed by atoms with Crippen molar-refractivity contribution in [3.63, 3.8) is 0 Å². The maximum atomic E-state index is 4.43. The Kier molecular flexibility index (Phi) is 3.89. The van der Waals surface area contributed by atoms with Gasteiger partial charge in [0.1, 0.15) is 0 Å². The number of imidazole rings is 1. The van der Waals surface area contributed by atoms with Crippen molar-refractivity contribution in [2.45, 2.75) is 6.92 Å². The molecule has 0 bridgehead atoms. The summed E-state index contributed by atoms with van der Waals surface area (Å²) in [5.74, 6) is 0.931. The van der Waals surface area contributed by atoms with Gasteiger partial charge in [0.05, 0.1) is 16.1 Å². The topological polar surface area (TPSA) is 30.7 Å². The summed E-state index contributed by atoms with van der Waals surface area (Å²) in [6.07, 6.45) is 11.5. The van der Waals surface area contributed by atoms with Crippen LogP contribution in [-0.2, 0) is 7.05 Å². The molecule has 2 heterocycles. The van der Waals surface area contributed by atoms with Crippen molar-refractivity contribution in [1.82, 2.24) is 14.5 Å². The SMILES string of the molecule is C=C/C(=C\C=C/C)c1ncsc1-c1nccn1C. The van der Waals surface area contributed by atoms with Crippen LogP contribution in [0.2, 0.25) is 0 Å². The highest BCUT2D eigenvalue weighted by molar-refractivity contribution is 7.13. The third-order valence-electron chi connectivity index (χ3n) is 2.55. The number of nitrogens with zero attached hydrogens (tertiary/aromatic N) is 3. The molecule has 2 aromatic rings. The van der Waals surface area contributed by atoms with Crippen LogP contribution in [0.15, 0.2) is 48.8 Å². The molecule has 0 fully saturated rings. The van der Waals surface area contributed by atoms with E-state index in [9.17, 15) is 0 Å². The molecule has 2 aromatic heterocycles. The van der Waals surface area contributed by atoms with Gasteiger partial charge >= 0.3 is 0 Å². The standard InChI is InChI=1S/C14H15N3S/c1-4-6-7-11(5-2)12-13(18-10-16-12)14-15-8-9-17(14)3/h4-10H,2H2,1,3H3/b6-4-,11-7+. The Hall–Kier alpha value is -1.94. The first-order valence-electron chi connectivity index (χ1n) is 5.65. The van der Waals surface area contributed by atoms with Crippen molar-refractivity contribution in [3.8, 4) is 10.7 Å². The summed E-state index contributed by atoms with van der Waals surface area (Å²) in [7, 11) is 1.98. The lowest BCUT2D eigenvalue weighted by Crippen LogP contribution is -1.92. The fraction of sp³-hybridized carbons (Fsp3) is 0.143. The van der Waals surface area contributed by atoms with Crippen LogP contribution >= 0.6 is 11.3 Å². The normalized spacial score (nSPS) is 12.2. The van der Waals surface area contributed by atoms with Crippen LogP contribution in [0, 0.1) is 0 Å². The van der Waals surface area contributed by atoms with E-state index >= 15 is 0 Å². The summed E-state index contributed by atoms with van der Waals surface area (Å²) in [5.41, 5.74) is 3.78. The molecule has 92 valence electrons. The molecule has 0 amide bonds. The minimum Gasteiger partial charge on any atom is -0.333 e. The van der Waals surface area contributed by atoms with E-state index in [1.54, 1.807) is 17.5 Å². The Balaban J connectivity index is 2.51. The lowest BCUT2D eigenvalue weighted by molar-refractivity contribution is 0.927. The van der Waals surface area contributed by atoms with Crippen LogP contribution in [0.1, 0.15) is 12.6 Å². The molecule has 0 aliphatic heterocycles. The van der Waals surface area contributed by atoms with E-state index in [4.69, 9.17) is 0 Å². The quantitative estimate of drug-likeness (QED) is 0.782. The number of allylic oxidation sites excluding steroid dienone is 5. The lowest BCUT2D eigenvalue weighted by Gasteiger charge is -2.03. The Labute approximate surface area is 111 Å². The van der Waals surface area contributed by atoms with Gasteiger partial charge in [-0.3, -0.25) is 0 Å². The minimum absolute atomic E-state index is 0.931. The number of rotatable bonds is 4. The number of aromatic nitrogens is 3. The molecule has 0 saturated heterocycles. The third kappa shape index (κ3) is 2.33. The maximum absolute atomic E-state index is 4.43. The van der Waals surface area contributed by atoms with Crippen molar-refractivity contribution >= 4 is 16.9 Å². The van der Waals surface area contributed by atoms with Gasteiger partial charge in [-0.25, -0.2) is 9.97 Å². The van der Waals surface area contributed by atoms with Crippen molar-refractivity contribution in [2.24, 2.45) is 7.05 Å². The average Bonchev–Trinajstić information content (AvgIpc) is 2.99. The van der Waals surface area contributed by atoms with Crippen molar-refractivity contribution in [3.05, 3.63) is 54.5 Å². The second kappa shape index (κ2) is 5.60. The number of hydrogen-bond acceptors (Lipinski definition) is 3. The Morgan fingerprint density at radius 2 is 2.28 bits per heavy atom. The van der Waals surface area contributed by atoms with Gasteiger partial charge in [0.25, 0.3) is 0 Å². The zero-order valence-electron chi connectivity index (χ0n) is 10.5. The zero-order valence-corrected chi connectivity index (χ0v) is 11.3. The highest BCUT2D eigenvalue weighted by Crippen LogP contribution is 2.31. The largest absolute Gasteiger partial charge is 0.333 e.